The van der Waals surface area contributed by atoms with Crippen molar-refractivity contribution in [2.45, 2.75) is 5.60 Å². The summed E-state index contributed by atoms with van der Waals surface area (Å²) in [6, 6.07) is 9.98. The molecule has 124 valence electrons. The van der Waals surface area contributed by atoms with Crippen molar-refractivity contribution in [1.82, 2.24) is 5.32 Å². The Morgan fingerprint density at radius 1 is 1.25 bits per heavy atom. The monoisotopic (exact) mass is 346 g/mol. The molecule has 0 aliphatic heterocycles. The first-order valence-corrected chi connectivity index (χ1v) is 8.12. The fourth-order valence-corrected chi connectivity index (χ4v) is 2.99. The fourth-order valence-electron chi connectivity index (χ4n) is 2.26. The predicted octanol–water partition coefficient (Wildman–Crippen LogP) is 3.54. The smallest absolute Gasteiger partial charge is 0.319 e. The van der Waals surface area contributed by atoms with Crippen molar-refractivity contribution in [2.75, 3.05) is 11.9 Å². The summed E-state index contributed by atoms with van der Waals surface area (Å²) in [6.07, 6.45) is 1.46. The second kappa shape index (κ2) is 6.86. The van der Waals surface area contributed by atoms with Crippen LogP contribution in [0.2, 0.25) is 0 Å². The van der Waals surface area contributed by atoms with Gasteiger partial charge in [-0.3, -0.25) is 0 Å². The Bertz CT molecular complexity index is 752. The lowest BCUT2D eigenvalue weighted by atomic mass is 9.93. The molecule has 24 heavy (non-hydrogen) atoms. The van der Waals surface area contributed by atoms with Crippen LogP contribution in [-0.4, -0.2) is 17.7 Å². The lowest BCUT2D eigenvalue weighted by Crippen LogP contribution is -2.42. The molecule has 0 saturated heterocycles. The van der Waals surface area contributed by atoms with Crippen molar-refractivity contribution >= 4 is 23.1 Å². The zero-order valence-electron chi connectivity index (χ0n) is 12.5. The number of anilines is 1. The molecule has 0 unspecified atom stereocenters. The van der Waals surface area contributed by atoms with Gasteiger partial charge in [0.15, 0.2) is 5.60 Å². The van der Waals surface area contributed by atoms with Crippen LogP contribution in [0.25, 0.3) is 0 Å². The summed E-state index contributed by atoms with van der Waals surface area (Å²) in [7, 11) is 0. The molecule has 0 aliphatic carbocycles. The van der Waals surface area contributed by atoms with E-state index in [1.807, 2.05) is 5.38 Å². The number of nitrogens with one attached hydrogen (secondary N) is 2. The van der Waals surface area contributed by atoms with Crippen LogP contribution in [0.4, 0.5) is 14.9 Å². The molecular weight excluding hydrogens is 331 g/mol. The number of amides is 2. The summed E-state index contributed by atoms with van der Waals surface area (Å²) >= 11 is 1.44. The molecule has 3 rings (SSSR count). The number of hydrogen-bond donors (Lipinski definition) is 3. The van der Waals surface area contributed by atoms with Gasteiger partial charge in [-0.2, -0.15) is 11.3 Å². The Labute approximate surface area is 141 Å². The average Bonchev–Trinajstić information content (AvgIpc) is 3.28. The molecular formula is C17H15FN2O3S. The van der Waals surface area contributed by atoms with E-state index in [0.717, 1.165) is 0 Å². The van der Waals surface area contributed by atoms with E-state index < -0.39 is 11.6 Å². The number of hydrogen-bond acceptors (Lipinski definition) is 4. The maximum absolute atomic E-state index is 12.9. The fraction of sp³-hybridized carbons (Fsp3) is 0.118. The summed E-state index contributed by atoms with van der Waals surface area (Å²) < 4.78 is 18.2. The molecule has 5 nitrogen and oxygen atoms in total. The van der Waals surface area contributed by atoms with E-state index in [1.54, 1.807) is 23.6 Å². The minimum absolute atomic E-state index is 0.0791. The zero-order chi connectivity index (χ0) is 17.0. The number of thiophene rings is 1. The largest absolute Gasteiger partial charge is 0.466 e. The number of halogens is 1. The van der Waals surface area contributed by atoms with Gasteiger partial charge >= 0.3 is 6.03 Å². The van der Waals surface area contributed by atoms with Gasteiger partial charge in [-0.1, -0.05) is 0 Å². The number of benzene rings is 1. The summed E-state index contributed by atoms with van der Waals surface area (Å²) in [5, 5.41) is 19.8. The molecule has 2 heterocycles. The highest BCUT2D eigenvalue weighted by Crippen LogP contribution is 2.31. The summed E-state index contributed by atoms with van der Waals surface area (Å²) in [4.78, 5) is 12.0. The molecule has 3 N–H and O–H groups in total. The normalized spacial score (nSPS) is 13.2. The van der Waals surface area contributed by atoms with Gasteiger partial charge in [-0.15, -0.1) is 0 Å². The molecule has 2 amide bonds. The SMILES string of the molecule is O=C(NC[C@@](O)(c1ccsc1)c1ccco1)Nc1ccc(F)cc1. The van der Waals surface area contributed by atoms with E-state index in [-0.39, 0.29) is 12.4 Å². The second-order valence-electron chi connectivity index (χ2n) is 5.16. The quantitative estimate of drug-likeness (QED) is 0.661. The Kier molecular flexibility index (Phi) is 4.64. The van der Waals surface area contributed by atoms with Gasteiger partial charge in [0.05, 0.1) is 12.8 Å². The number of aliphatic hydroxyl groups is 1. The van der Waals surface area contributed by atoms with Gasteiger partial charge in [-0.05, 0) is 53.2 Å². The molecule has 0 saturated carbocycles. The lowest BCUT2D eigenvalue weighted by Gasteiger charge is -2.25. The van der Waals surface area contributed by atoms with Crippen LogP contribution in [0, 0.1) is 5.82 Å². The standard InChI is InChI=1S/C17H15FN2O3S/c18-13-3-5-14(6-4-13)20-16(21)19-11-17(22,12-7-9-24-10-12)15-2-1-8-23-15/h1-10,22H,11H2,(H2,19,20,21)/t17-/m1/s1. The van der Waals surface area contributed by atoms with Crippen molar-refractivity contribution in [2.24, 2.45) is 0 Å². The molecule has 1 atom stereocenters. The number of furan rings is 1. The van der Waals surface area contributed by atoms with E-state index in [2.05, 4.69) is 10.6 Å². The van der Waals surface area contributed by atoms with Gasteiger partial charge in [0.2, 0.25) is 0 Å². The number of rotatable bonds is 5. The third-order valence-corrected chi connectivity index (χ3v) is 4.22. The number of carbonyl (C=O) groups excluding carboxylic acids is 1. The van der Waals surface area contributed by atoms with E-state index in [4.69, 9.17) is 4.42 Å². The van der Waals surface area contributed by atoms with Gasteiger partial charge in [0.25, 0.3) is 0 Å². The minimum Gasteiger partial charge on any atom is -0.466 e. The third-order valence-electron chi connectivity index (χ3n) is 3.53. The van der Waals surface area contributed by atoms with Gasteiger partial charge in [0.1, 0.15) is 11.6 Å². The first-order valence-electron chi connectivity index (χ1n) is 7.17. The summed E-state index contributed by atoms with van der Waals surface area (Å²) in [6.45, 7) is -0.0791. The lowest BCUT2D eigenvalue weighted by molar-refractivity contribution is 0.0597. The molecule has 0 radical (unpaired) electrons. The van der Waals surface area contributed by atoms with Crippen LogP contribution in [0.3, 0.4) is 0 Å². The van der Waals surface area contributed by atoms with E-state index >= 15 is 0 Å². The highest BCUT2D eigenvalue weighted by Gasteiger charge is 2.35. The van der Waals surface area contributed by atoms with Crippen LogP contribution < -0.4 is 10.6 Å². The van der Waals surface area contributed by atoms with Crippen LogP contribution in [0.15, 0.2) is 63.9 Å². The van der Waals surface area contributed by atoms with Crippen molar-refractivity contribution in [1.29, 1.82) is 0 Å². The highest BCUT2D eigenvalue weighted by molar-refractivity contribution is 7.08. The molecule has 1 aromatic carbocycles. The van der Waals surface area contributed by atoms with Crippen molar-refractivity contribution in [3.63, 3.8) is 0 Å². The average molecular weight is 346 g/mol. The zero-order valence-corrected chi connectivity index (χ0v) is 13.3. The molecule has 0 bridgehead atoms. The van der Waals surface area contributed by atoms with Crippen LogP contribution >= 0.6 is 11.3 Å². The predicted molar refractivity (Wildman–Crippen MR) is 89.4 cm³/mol. The summed E-state index contributed by atoms with van der Waals surface area (Å²) in [5.41, 5.74) is -0.389. The molecule has 2 aromatic heterocycles. The Hall–Kier alpha value is -2.64. The second-order valence-corrected chi connectivity index (χ2v) is 5.94. The molecule has 0 spiro atoms. The van der Waals surface area contributed by atoms with Crippen molar-refractivity contribution < 1.29 is 18.7 Å². The topological polar surface area (TPSA) is 74.5 Å². The van der Waals surface area contributed by atoms with Gasteiger partial charge in [0, 0.05) is 11.3 Å². The van der Waals surface area contributed by atoms with Crippen LogP contribution in [0.5, 0.6) is 0 Å². The van der Waals surface area contributed by atoms with E-state index in [0.29, 0.717) is 17.0 Å². The first-order chi connectivity index (χ1) is 11.6. The highest BCUT2D eigenvalue weighted by atomic mass is 32.1. The molecule has 0 fully saturated rings. The molecule has 3 aromatic rings. The van der Waals surface area contributed by atoms with Crippen LogP contribution in [-0.2, 0) is 5.60 Å². The van der Waals surface area contributed by atoms with E-state index in [9.17, 15) is 14.3 Å². The maximum atomic E-state index is 12.9. The Morgan fingerprint density at radius 3 is 2.67 bits per heavy atom. The number of urea groups is 1. The Morgan fingerprint density at radius 2 is 2.04 bits per heavy atom. The minimum atomic E-state index is -1.47. The molecule has 7 heteroatoms. The van der Waals surface area contributed by atoms with E-state index in [1.165, 1.54) is 41.9 Å². The summed E-state index contributed by atoms with van der Waals surface area (Å²) in [5.74, 6) is -0.0476. The van der Waals surface area contributed by atoms with Crippen LogP contribution in [0.1, 0.15) is 11.3 Å². The third kappa shape index (κ3) is 3.47. The number of carbonyl (C=O) groups is 1. The van der Waals surface area contributed by atoms with Gasteiger partial charge < -0.3 is 20.2 Å². The van der Waals surface area contributed by atoms with Gasteiger partial charge in [-0.25, -0.2) is 9.18 Å². The van der Waals surface area contributed by atoms with Crippen molar-refractivity contribution in [3.05, 3.63) is 76.6 Å². The van der Waals surface area contributed by atoms with Crippen molar-refractivity contribution in [3.8, 4) is 0 Å². The molecule has 0 aliphatic rings. The maximum Gasteiger partial charge on any atom is 0.319 e. The first kappa shape index (κ1) is 16.2. The Balaban J connectivity index is 1.70.